The Hall–Kier alpha value is -0.610. The minimum atomic E-state index is -0.219. The molecule has 4 heteroatoms. The number of rotatable bonds is 4. The minimum Gasteiger partial charge on any atom is -0.382 e. The maximum atomic E-state index is 13.2. The molecule has 2 N–H and O–H groups in total. The van der Waals surface area contributed by atoms with Crippen LogP contribution in [0.4, 0.5) is 10.1 Å². The first-order valence-corrected chi connectivity index (χ1v) is 7.89. The zero-order valence-electron chi connectivity index (χ0n) is 11.4. The summed E-state index contributed by atoms with van der Waals surface area (Å²) < 4.78 is 13.7. The predicted octanol–water partition coefficient (Wildman–Crippen LogP) is 4.31. The normalized spacial score (nSPS) is 21.7. The van der Waals surface area contributed by atoms with Gasteiger partial charge >= 0.3 is 0 Å². The summed E-state index contributed by atoms with van der Waals surface area (Å²) >= 11 is 3.22. The molecule has 1 aromatic carbocycles. The molecule has 0 radical (unpaired) electrons. The number of benzene rings is 1. The van der Waals surface area contributed by atoms with Crippen LogP contribution in [0.2, 0.25) is 0 Å². The molecule has 0 amide bonds. The Kier molecular flexibility index (Phi) is 5.64. The lowest BCUT2D eigenvalue weighted by Gasteiger charge is -2.22. The highest BCUT2D eigenvalue weighted by Gasteiger charge is 2.15. The van der Waals surface area contributed by atoms with Gasteiger partial charge in [0, 0.05) is 17.8 Å². The Balaban J connectivity index is 1.85. The number of hydrogen-bond acceptors (Lipinski definition) is 2. The standard InChI is InChI=1S/C15H22BrFN2/c1-11(9-12-5-3-2-4-8-18-12)19-13-6-7-15(17)14(16)10-13/h6-7,10-12,18-19H,2-5,8-9H2,1H3. The van der Waals surface area contributed by atoms with E-state index in [0.29, 0.717) is 16.6 Å². The van der Waals surface area contributed by atoms with Gasteiger partial charge in [-0.15, -0.1) is 0 Å². The highest BCUT2D eigenvalue weighted by molar-refractivity contribution is 9.10. The minimum absolute atomic E-state index is 0.219. The summed E-state index contributed by atoms with van der Waals surface area (Å²) in [5.41, 5.74) is 0.967. The molecule has 1 aliphatic heterocycles. The fourth-order valence-electron chi connectivity index (χ4n) is 2.66. The van der Waals surface area contributed by atoms with E-state index in [-0.39, 0.29) is 5.82 Å². The molecule has 106 valence electrons. The molecule has 0 saturated carbocycles. The van der Waals surface area contributed by atoms with Crippen LogP contribution in [0.25, 0.3) is 0 Å². The summed E-state index contributed by atoms with van der Waals surface area (Å²) in [7, 11) is 0. The maximum absolute atomic E-state index is 13.2. The fourth-order valence-corrected chi connectivity index (χ4v) is 3.04. The first-order chi connectivity index (χ1) is 9.15. The Morgan fingerprint density at radius 3 is 3.05 bits per heavy atom. The lowest BCUT2D eigenvalue weighted by molar-refractivity contribution is 0.456. The third kappa shape index (κ3) is 4.77. The van der Waals surface area contributed by atoms with Gasteiger partial charge in [0.05, 0.1) is 4.47 Å². The number of hydrogen-bond donors (Lipinski definition) is 2. The highest BCUT2D eigenvalue weighted by Crippen LogP contribution is 2.21. The second-order valence-corrected chi connectivity index (χ2v) is 6.26. The molecule has 0 aromatic heterocycles. The smallest absolute Gasteiger partial charge is 0.137 e. The van der Waals surface area contributed by atoms with Gasteiger partial charge in [0.25, 0.3) is 0 Å². The summed E-state index contributed by atoms with van der Waals surface area (Å²) in [4.78, 5) is 0. The van der Waals surface area contributed by atoms with Crippen molar-refractivity contribution in [2.24, 2.45) is 0 Å². The topological polar surface area (TPSA) is 24.1 Å². The van der Waals surface area contributed by atoms with Crippen molar-refractivity contribution in [3.63, 3.8) is 0 Å². The largest absolute Gasteiger partial charge is 0.382 e. The van der Waals surface area contributed by atoms with Crippen LogP contribution in [0.1, 0.15) is 39.0 Å². The van der Waals surface area contributed by atoms with E-state index in [9.17, 15) is 4.39 Å². The molecule has 0 spiro atoms. The number of anilines is 1. The van der Waals surface area contributed by atoms with Crippen molar-refractivity contribution in [2.75, 3.05) is 11.9 Å². The van der Waals surface area contributed by atoms with Gasteiger partial charge in [0.1, 0.15) is 5.82 Å². The highest BCUT2D eigenvalue weighted by atomic mass is 79.9. The molecular formula is C15H22BrFN2. The molecule has 0 aliphatic carbocycles. The van der Waals surface area contributed by atoms with Crippen molar-refractivity contribution in [1.82, 2.24) is 5.32 Å². The van der Waals surface area contributed by atoms with Gasteiger partial charge in [0.15, 0.2) is 0 Å². The van der Waals surface area contributed by atoms with Gasteiger partial charge in [-0.1, -0.05) is 12.8 Å². The van der Waals surface area contributed by atoms with E-state index in [0.717, 1.165) is 18.7 Å². The third-order valence-electron chi connectivity index (χ3n) is 3.63. The predicted molar refractivity (Wildman–Crippen MR) is 82.1 cm³/mol. The number of nitrogens with one attached hydrogen (secondary N) is 2. The molecule has 1 aromatic rings. The second-order valence-electron chi connectivity index (χ2n) is 5.41. The molecular weight excluding hydrogens is 307 g/mol. The van der Waals surface area contributed by atoms with Crippen LogP contribution >= 0.6 is 15.9 Å². The van der Waals surface area contributed by atoms with Crippen LogP contribution in [0.5, 0.6) is 0 Å². The maximum Gasteiger partial charge on any atom is 0.137 e. The van der Waals surface area contributed by atoms with Crippen molar-refractivity contribution >= 4 is 21.6 Å². The summed E-state index contributed by atoms with van der Waals surface area (Å²) in [5, 5.41) is 7.05. The molecule has 1 saturated heterocycles. The van der Waals surface area contributed by atoms with Crippen LogP contribution in [-0.4, -0.2) is 18.6 Å². The quantitative estimate of drug-likeness (QED) is 0.860. The van der Waals surface area contributed by atoms with Crippen LogP contribution in [0, 0.1) is 5.82 Å². The van der Waals surface area contributed by atoms with Crippen molar-refractivity contribution < 1.29 is 4.39 Å². The van der Waals surface area contributed by atoms with E-state index in [2.05, 4.69) is 33.5 Å². The van der Waals surface area contributed by atoms with Crippen molar-refractivity contribution in [3.8, 4) is 0 Å². The van der Waals surface area contributed by atoms with E-state index >= 15 is 0 Å². The third-order valence-corrected chi connectivity index (χ3v) is 4.24. The molecule has 1 fully saturated rings. The zero-order valence-corrected chi connectivity index (χ0v) is 13.0. The Bertz CT molecular complexity index is 403. The van der Waals surface area contributed by atoms with Gasteiger partial charge in [-0.25, -0.2) is 4.39 Å². The van der Waals surface area contributed by atoms with E-state index in [1.807, 2.05) is 0 Å². The monoisotopic (exact) mass is 328 g/mol. The van der Waals surface area contributed by atoms with E-state index < -0.39 is 0 Å². The second kappa shape index (κ2) is 7.25. The average molecular weight is 329 g/mol. The molecule has 19 heavy (non-hydrogen) atoms. The molecule has 1 heterocycles. The van der Waals surface area contributed by atoms with Gasteiger partial charge in [0.2, 0.25) is 0 Å². The van der Waals surface area contributed by atoms with E-state index in [1.165, 1.54) is 31.7 Å². The number of halogens is 2. The van der Waals surface area contributed by atoms with Gasteiger partial charge < -0.3 is 10.6 Å². The zero-order chi connectivity index (χ0) is 13.7. The van der Waals surface area contributed by atoms with Crippen molar-refractivity contribution in [2.45, 2.75) is 51.1 Å². The summed E-state index contributed by atoms with van der Waals surface area (Å²) in [6.45, 7) is 3.32. The van der Waals surface area contributed by atoms with Crippen LogP contribution in [0.3, 0.4) is 0 Å². The van der Waals surface area contributed by atoms with Gasteiger partial charge in [-0.3, -0.25) is 0 Å². The first-order valence-electron chi connectivity index (χ1n) is 7.10. The van der Waals surface area contributed by atoms with Crippen LogP contribution < -0.4 is 10.6 Å². The fraction of sp³-hybridized carbons (Fsp3) is 0.600. The van der Waals surface area contributed by atoms with Crippen molar-refractivity contribution in [3.05, 3.63) is 28.5 Å². The van der Waals surface area contributed by atoms with Gasteiger partial charge in [-0.2, -0.15) is 0 Å². The van der Waals surface area contributed by atoms with E-state index in [1.54, 1.807) is 12.1 Å². The summed E-state index contributed by atoms with van der Waals surface area (Å²) in [6, 6.07) is 6.06. The summed E-state index contributed by atoms with van der Waals surface area (Å²) in [6.07, 6.45) is 6.33. The van der Waals surface area contributed by atoms with Crippen molar-refractivity contribution in [1.29, 1.82) is 0 Å². The SMILES string of the molecule is CC(CC1CCCCCN1)Nc1ccc(F)c(Br)c1. The Labute approximate surface area is 123 Å². The lowest BCUT2D eigenvalue weighted by Crippen LogP contribution is -2.33. The molecule has 2 rings (SSSR count). The lowest BCUT2D eigenvalue weighted by atomic mass is 10.0. The molecule has 2 nitrogen and oxygen atoms in total. The molecule has 0 bridgehead atoms. The Morgan fingerprint density at radius 2 is 2.26 bits per heavy atom. The molecule has 2 atom stereocenters. The molecule has 1 aliphatic rings. The average Bonchev–Trinajstić information content (AvgIpc) is 2.62. The molecule has 2 unspecified atom stereocenters. The first kappa shape index (κ1) is 14.8. The van der Waals surface area contributed by atoms with Crippen LogP contribution in [-0.2, 0) is 0 Å². The van der Waals surface area contributed by atoms with Gasteiger partial charge in [-0.05, 0) is 66.9 Å². The Morgan fingerprint density at radius 1 is 1.42 bits per heavy atom. The van der Waals surface area contributed by atoms with E-state index in [4.69, 9.17) is 0 Å². The summed E-state index contributed by atoms with van der Waals surface area (Å²) in [5.74, 6) is -0.219. The van der Waals surface area contributed by atoms with Crippen LogP contribution in [0.15, 0.2) is 22.7 Å².